The van der Waals surface area contributed by atoms with Gasteiger partial charge in [-0.25, -0.2) is 5.26 Å². The maximum atomic E-state index is 10.3. The van der Waals surface area contributed by atoms with Gasteiger partial charge in [-0.15, -0.1) is 0 Å². The van der Waals surface area contributed by atoms with Crippen molar-refractivity contribution in [3.8, 4) is 0 Å². The summed E-state index contributed by atoms with van der Waals surface area (Å²) in [5.74, 6) is -2.28. The van der Waals surface area contributed by atoms with Crippen LogP contribution < -0.4 is 0 Å². The number of hydrogen-bond donors (Lipinski definition) is 3. The van der Waals surface area contributed by atoms with Crippen molar-refractivity contribution in [3.63, 3.8) is 0 Å². The third kappa shape index (κ3) is 7.84. The van der Waals surface area contributed by atoms with E-state index in [0.717, 1.165) is 4.90 Å². The van der Waals surface area contributed by atoms with Gasteiger partial charge in [0, 0.05) is 6.29 Å². The van der Waals surface area contributed by atoms with Gasteiger partial charge in [0.1, 0.15) is 0 Å². The molecular weight excluding hydrogens is 217 g/mol. The van der Waals surface area contributed by atoms with Crippen LogP contribution in [0.15, 0.2) is 0 Å². The summed E-state index contributed by atoms with van der Waals surface area (Å²) in [4.78, 5) is 21.7. The summed E-state index contributed by atoms with van der Waals surface area (Å²) in [6.07, 6.45) is 0.0547. The Morgan fingerprint density at radius 3 is 2.07 bits per heavy atom. The molecule has 0 rings (SSSR count). The fourth-order valence-corrected chi connectivity index (χ4v) is 1.21. The van der Waals surface area contributed by atoms with E-state index in [9.17, 15) is 9.59 Å². The minimum absolute atomic E-state index is 0.0547. The monoisotopic (exact) mass is 227 g/mol. The zero-order valence-corrected chi connectivity index (χ0v) is 8.04. The van der Waals surface area contributed by atoms with Crippen LogP contribution in [0.4, 0.5) is 0 Å². The molecular formula is C5H10NO7P. The summed E-state index contributed by atoms with van der Waals surface area (Å²) in [6.45, 7) is -0.817. The summed E-state index contributed by atoms with van der Waals surface area (Å²) < 4.78 is 4.08. The van der Waals surface area contributed by atoms with Gasteiger partial charge >= 0.3 is 11.9 Å². The summed E-state index contributed by atoms with van der Waals surface area (Å²) in [5.41, 5.74) is 0. The van der Waals surface area contributed by atoms with Crippen LogP contribution in [-0.2, 0) is 19.3 Å². The number of hydrogen-bond acceptors (Lipinski definition) is 6. The Morgan fingerprint density at radius 2 is 1.71 bits per heavy atom. The first kappa shape index (κ1) is 13.2. The van der Waals surface area contributed by atoms with Crippen LogP contribution in [0.5, 0.6) is 0 Å². The molecule has 3 N–H and O–H groups in total. The lowest BCUT2D eigenvalue weighted by Gasteiger charge is -2.15. The van der Waals surface area contributed by atoms with Crippen molar-refractivity contribution in [2.75, 3.05) is 19.4 Å². The van der Waals surface area contributed by atoms with Crippen LogP contribution >= 0.6 is 8.81 Å². The van der Waals surface area contributed by atoms with Crippen molar-refractivity contribution in [1.29, 1.82) is 0 Å². The third-order valence-corrected chi connectivity index (χ3v) is 1.87. The second-order valence-corrected chi connectivity index (χ2v) is 3.01. The van der Waals surface area contributed by atoms with Crippen molar-refractivity contribution in [3.05, 3.63) is 0 Å². The zero-order valence-electron chi connectivity index (χ0n) is 7.04. The first-order valence-corrected chi connectivity index (χ1v) is 4.53. The van der Waals surface area contributed by atoms with Gasteiger partial charge in [0.25, 0.3) is 0 Å². The van der Waals surface area contributed by atoms with Gasteiger partial charge in [0.05, 0.1) is 21.9 Å². The zero-order chi connectivity index (χ0) is 11.0. The van der Waals surface area contributed by atoms with Gasteiger partial charge in [-0.1, -0.05) is 5.04 Å². The number of rotatable bonds is 8. The summed E-state index contributed by atoms with van der Waals surface area (Å²) in [5, 5.41) is 27.9. The molecule has 0 saturated heterocycles. The predicted molar refractivity (Wildman–Crippen MR) is 44.8 cm³/mol. The predicted octanol–water partition coefficient (Wildman–Crippen LogP) is -0.570. The second kappa shape index (κ2) is 7.60. The van der Waals surface area contributed by atoms with Crippen molar-refractivity contribution in [1.82, 2.24) is 4.90 Å². The molecule has 0 spiro atoms. The summed E-state index contributed by atoms with van der Waals surface area (Å²) in [6, 6.07) is 0. The van der Waals surface area contributed by atoms with Crippen LogP contribution in [0.25, 0.3) is 0 Å². The maximum absolute atomic E-state index is 10.3. The summed E-state index contributed by atoms with van der Waals surface area (Å²) in [7, 11) is -0.361. The lowest BCUT2D eigenvalue weighted by molar-refractivity contribution is -0.435. The first-order chi connectivity index (χ1) is 6.56. The van der Waals surface area contributed by atoms with Crippen LogP contribution in [0.2, 0.25) is 0 Å². The first-order valence-electron chi connectivity index (χ1n) is 3.42. The highest BCUT2D eigenvalue weighted by Gasteiger charge is 2.13. The van der Waals surface area contributed by atoms with Crippen LogP contribution in [0, 0.1) is 0 Å². The van der Waals surface area contributed by atoms with E-state index >= 15 is 0 Å². The van der Waals surface area contributed by atoms with Gasteiger partial charge in [-0.05, 0) is 0 Å². The second-order valence-electron chi connectivity index (χ2n) is 2.23. The molecule has 0 amide bonds. The van der Waals surface area contributed by atoms with E-state index in [0.29, 0.717) is 0 Å². The standard InChI is InChI=1S/C5H10NO7P/c7-4(8)1-6(2-5(9)10)3-14-13-12-11/h11,14H,1-3H2,(H,7,8)(H,9,10). The number of carboxylic acid groups (broad SMARTS) is 2. The number of aliphatic carboxylic acids is 2. The van der Waals surface area contributed by atoms with Gasteiger partial charge in [-0.2, -0.15) is 4.67 Å². The largest absolute Gasteiger partial charge is 0.480 e. The maximum Gasteiger partial charge on any atom is 0.317 e. The van der Waals surface area contributed by atoms with Gasteiger partial charge < -0.3 is 10.2 Å². The molecule has 82 valence electrons. The van der Waals surface area contributed by atoms with E-state index in [1.807, 2.05) is 0 Å². The molecule has 0 aromatic rings. The minimum Gasteiger partial charge on any atom is -0.480 e. The molecule has 0 aliphatic rings. The Hall–Kier alpha value is -0.790. The lowest BCUT2D eigenvalue weighted by Crippen LogP contribution is -2.33. The molecule has 0 aliphatic heterocycles. The van der Waals surface area contributed by atoms with E-state index in [1.54, 1.807) is 0 Å². The third-order valence-electron chi connectivity index (χ3n) is 1.10. The van der Waals surface area contributed by atoms with Crippen molar-refractivity contribution in [2.24, 2.45) is 0 Å². The highest BCUT2D eigenvalue weighted by molar-refractivity contribution is 7.31. The molecule has 0 heterocycles. The molecule has 0 bridgehead atoms. The molecule has 9 heteroatoms. The number of carbonyl (C=O) groups is 2. The number of carboxylic acids is 2. The van der Waals surface area contributed by atoms with E-state index in [1.165, 1.54) is 0 Å². The highest BCUT2D eigenvalue weighted by Crippen LogP contribution is 2.13. The molecule has 0 aromatic carbocycles. The Morgan fingerprint density at radius 1 is 1.21 bits per heavy atom. The highest BCUT2D eigenvalue weighted by atomic mass is 31.1. The van der Waals surface area contributed by atoms with E-state index in [2.05, 4.69) is 9.71 Å². The molecule has 14 heavy (non-hydrogen) atoms. The summed E-state index contributed by atoms with van der Waals surface area (Å²) >= 11 is 0. The van der Waals surface area contributed by atoms with E-state index < -0.39 is 25.0 Å². The molecule has 0 aromatic heterocycles. The topological polar surface area (TPSA) is 117 Å². The molecule has 1 unspecified atom stereocenters. The smallest absolute Gasteiger partial charge is 0.317 e. The molecule has 0 saturated carbocycles. The molecule has 0 radical (unpaired) electrons. The molecule has 0 fully saturated rings. The van der Waals surface area contributed by atoms with E-state index in [4.69, 9.17) is 15.5 Å². The van der Waals surface area contributed by atoms with Crippen LogP contribution in [0.3, 0.4) is 0 Å². The Bertz CT molecular complexity index is 183. The van der Waals surface area contributed by atoms with Crippen molar-refractivity contribution in [2.45, 2.75) is 0 Å². The van der Waals surface area contributed by atoms with Crippen molar-refractivity contribution < 1.29 is 34.8 Å². The van der Waals surface area contributed by atoms with Crippen molar-refractivity contribution >= 4 is 20.7 Å². The van der Waals surface area contributed by atoms with Gasteiger partial charge in [-0.3, -0.25) is 14.5 Å². The average Bonchev–Trinajstić information content (AvgIpc) is 2.02. The lowest BCUT2D eigenvalue weighted by atomic mass is 10.5. The average molecular weight is 227 g/mol. The van der Waals surface area contributed by atoms with Crippen LogP contribution in [0.1, 0.15) is 0 Å². The Kier molecular flexibility index (Phi) is 7.17. The van der Waals surface area contributed by atoms with Crippen LogP contribution in [-0.4, -0.2) is 51.7 Å². The minimum atomic E-state index is -1.14. The Labute approximate surface area is 80.8 Å². The normalized spacial score (nSPS) is 11.3. The molecule has 1 atom stereocenters. The SMILES string of the molecule is O=C(O)CN(CPOOO)CC(=O)O. The molecule has 0 aliphatic carbocycles. The fourth-order valence-electron chi connectivity index (χ4n) is 0.694. The van der Waals surface area contributed by atoms with Gasteiger partial charge in [0.2, 0.25) is 0 Å². The van der Waals surface area contributed by atoms with E-state index in [-0.39, 0.29) is 15.1 Å². The fraction of sp³-hybridized carbons (Fsp3) is 0.600. The van der Waals surface area contributed by atoms with Gasteiger partial charge in [0.15, 0.2) is 0 Å². The number of nitrogens with zero attached hydrogens (tertiary/aromatic N) is 1. The Balaban J connectivity index is 3.84. The quantitative estimate of drug-likeness (QED) is 0.218. The molecule has 8 nitrogen and oxygen atoms in total.